The van der Waals surface area contributed by atoms with Gasteiger partial charge in [-0.15, -0.1) is 0 Å². The van der Waals surface area contributed by atoms with Gasteiger partial charge >= 0.3 is 5.97 Å². The van der Waals surface area contributed by atoms with Crippen molar-refractivity contribution in [3.05, 3.63) is 71.8 Å². The second-order valence-electron chi connectivity index (χ2n) is 5.55. The Morgan fingerprint density at radius 3 is 1.74 bits per heavy atom. The number of carboxylic acid groups (broad SMARTS) is 1. The van der Waals surface area contributed by atoms with Crippen molar-refractivity contribution in [1.82, 2.24) is 0 Å². The number of nitrogens with two attached hydrogens (primary N) is 1. The van der Waals surface area contributed by atoms with Gasteiger partial charge in [0.2, 0.25) is 0 Å². The molecule has 2 unspecified atom stereocenters. The summed E-state index contributed by atoms with van der Waals surface area (Å²) in [5.41, 5.74) is 5.89. The lowest BCUT2D eigenvalue weighted by Crippen LogP contribution is -2.39. The van der Waals surface area contributed by atoms with Crippen molar-refractivity contribution in [3.8, 4) is 0 Å². The second kappa shape index (κ2) is 8.25. The zero-order valence-electron chi connectivity index (χ0n) is 13.7. The summed E-state index contributed by atoms with van der Waals surface area (Å²) in [5.74, 6) is -1.48. The van der Waals surface area contributed by atoms with E-state index in [2.05, 4.69) is 0 Å². The fraction of sp³-hybridized carbons (Fsp3) is 0.263. The van der Waals surface area contributed by atoms with Gasteiger partial charge in [-0.2, -0.15) is 0 Å². The normalized spacial score (nSPS) is 13.9. The van der Waals surface area contributed by atoms with E-state index in [0.717, 1.165) is 0 Å². The molecule has 2 aromatic rings. The minimum Gasteiger partial charge on any atom is -0.480 e. The van der Waals surface area contributed by atoms with Crippen LogP contribution >= 0.6 is 0 Å². The highest BCUT2D eigenvalue weighted by atomic mass is 16.4. The average Bonchev–Trinajstić information content (AvgIpc) is 2.55. The number of hydrogen-bond acceptors (Lipinski definition) is 3. The van der Waals surface area contributed by atoms with E-state index in [0.29, 0.717) is 5.56 Å². The number of ketones is 1. The van der Waals surface area contributed by atoms with Gasteiger partial charge in [0.1, 0.15) is 5.41 Å². The summed E-state index contributed by atoms with van der Waals surface area (Å²) in [7, 11) is 0. The first kappa shape index (κ1) is 18.6. The van der Waals surface area contributed by atoms with Crippen LogP contribution < -0.4 is 5.73 Å². The van der Waals surface area contributed by atoms with E-state index in [-0.39, 0.29) is 11.8 Å². The Kier molecular flexibility index (Phi) is 6.66. The lowest BCUT2D eigenvalue weighted by Gasteiger charge is -2.21. The molecule has 0 radical (unpaired) electrons. The smallest absolute Gasteiger partial charge is 0.321 e. The van der Waals surface area contributed by atoms with E-state index in [9.17, 15) is 9.59 Å². The van der Waals surface area contributed by atoms with E-state index >= 15 is 0 Å². The van der Waals surface area contributed by atoms with Gasteiger partial charge in [-0.05, 0) is 31.9 Å². The summed E-state index contributed by atoms with van der Waals surface area (Å²) in [6, 6.07) is 18.7. The molecule has 0 saturated heterocycles. The Morgan fingerprint density at radius 2 is 1.43 bits per heavy atom. The Balaban J connectivity index is 0.000000253. The molecule has 0 aromatic heterocycles. The number of aliphatic carboxylic acids is 1. The number of carbonyl (C=O) groups excluding carboxylic acids is 1. The molecular formula is C19H23NO3. The summed E-state index contributed by atoms with van der Waals surface area (Å²) < 4.78 is 0. The minimum absolute atomic E-state index is 0.159. The maximum absolute atomic E-state index is 11.3. The zero-order valence-corrected chi connectivity index (χ0v) is 13.7. The molecule has 2 rings (SSSR count). The molecule has 4 nitrogen and oxygen atoms in total. The van der Waals surface area contributed by atoms with Gasteiger partial charge in [0.15, 0.2) is 5.78 Å². The number of carboxylic acids is 1. The Bertz CT molecular complexity index is 622. The van der Waals surface area contributed by atoms with Crippen LogP contribution in [-0.2, 0) is 15.0 Å². The van der Waals surface area contributed by atoms with Gasteiger partial charge in [-0.25, -0.2) is 0 Å². The van der Waals surface area contributed by atoms with Gasteiger partial charge in [0.05, 0.1) is 0 Å². The molecule has 2 atom stereocenters. The molecule has 122 valence electrons. The molecule has 0 spiro atoms. The third-order valence-corrected chi connectivity index (χ3v) is 3.81. The topological polar surface area (TPSA) is 80.4 Å². The number of hydrogen-bond donors (Lipinski definition) is 2. The number of Topliss-reactive ketones (excluding diaryl/α,β-unsaturated/α-hetero) is 1. The van der Waals surface area contributed by atoms with Gasteiger partial charge in [-0.1, -0.05) is 60.7 Å². The SMILES string of the molecule is CC(=O)C(C)(C(=O)O)c1ccccc1.CC(N)c1ccccc1. The van der Waals surface area contributed by atoms with Crippen LogP contribution in [-0.4, -0.2) is 16.9 Å². The van der Waals surface area contributed by atoms with Crippen molar-refractivity contribution in [3.63, 3.8) is 0 Å². The number of carbonyl (C=O) groups is 2. The van der Waals surface area contributed by atoms with Crippen molar-refractivity contribution in [2.75, 3.05) is 0 Å². The maximum atomic E-state index is 11.3. The van der Waals surface area contributed by atoms with Crippen LogP contribution in [0.15, 0.2) is 60.7 Å². The highest BCUT2D eigenvalue weighted by molar-refractivity contribution is 6.07. The molecule has 4 heteroatoms. The Hall–Kier alpha value is -2.46. The van der Waals surface area contributed by atoms with Gasteiger partial charge < -0.3 is 10.8 Å². The van der Waals surface area contributed by atoms with Crippen molar-refractivity contribution in [2.24, 2.45) is 5.73 Å². The number of benzene rings is 2. The summed E-state index contributed by atoms with van der Waals surface area (Å²) in [6.07, 6.45) is 0. The monoisotopic (exact) mass is 313 g/mol. The Labute approximate surface area is 137 Å². The van der Waals surface area contributed by atoms with Crippen molar-refractivity contribution in [1.29, 1.82) is 0 Å². The lowest BCUT2D eigenvalue weighted by atomic mass is 9.79. The summed E-state index contributed by atoms with van der Waals surface area (Å²) in [5, 5.41) is 9.04. The van der Waals surface area contributed by atoms with Gasteiger partial charge in [0, 0.05) is 6.04 Å². The van der Waals surface area contributed by atoms with E-state index < -0.39 is 11.4 Å². The fourth-order valence-corrected chi connectivity index (χ4v) is 2.01. The van der Waals surface area contributed by atoms with E-state index in [1.54, 1.807) is 30.3 Å². The maximum Gasteiger partial charge on any atom is 0.321 e. The first-order valence-electron chi connectivity index (χ1n) is 7.40. The molecule has 3 N–H and O–H groups in total. The molecule has 0 aliphatic heterocycles. The summed E-state index contributed by atoms with van der Waals surface area (Å²) >= 11 is 0. The molecule has 23 heavy (non-hydrogen) atoms. The van der Waals surface area contributed by atoms with Crippen LogP contribution in [0, 0.1) is 0 Å². The third-order valence-electron chi connectivity index (χ3n) is 3.81. The fourth-order valence-electron chi connectivity index (χ4n) is 2.01. The Morgan fingerprint density at radius 1 is 1.00 bits per heavy atom. The molecule has 0 fully saturated rings. The lowest BCUT2D eigenvalue weighted by molar-refractivity contribution is -0.147. The first-order valence-corrected chi connectivity index (χ1v) is 7.40. The second-order valence-corrected chi connectivity index (χ2v) is 5.55. The molecule has 2 aromatic carbocycles. The molecular weight excluding hydrogens is 290 g/mol. The minimum atomic E-state index is -1.43. The molecule has 0 amide bonds. The average molecular weight is 313 g/mol. The van der Waals surface area contributed by atoms with Crippen molar-refractivity contribution in [2.45, 2.75) is 32.2 Å². The number of rotatable bonds is 4. The zero-order chi connectivity index (χ0) is 17.5. The van der Waals surface area contributed by atoms with Crippen LogP contribution in [0.1, 0.15) is 37.9 Å². The van der Waals surface area contributed by atoms with E-state index in [1.165, 1.54) is 19.4 Å². The van der Waals surface area contributed by atoms with Crippen LogP contribution in [0.2, 0.25) is 0 Å². The standard InChI is InChI=1S/C11H12O3.C8H11N/c1-8(12)11(2,10(13)14)9-6-4-3-5-7-9;1-7(9)8-5-3-2-4-6-8/h3-7H,1-2H3,(H,13,14);2-7H,9H2,1H3. The first-order chi connectivity index (χ1) is 10.8. The highest BCUT2D eigenvalue weighted by Gasteiger charge is 2.39. The van der Waals surface area contributed by atoms with E-state index in [4.69, 9.17) is 10.8 Å². The van der Waals surface area contributed by atoms with Gasteiger partial charge in [-0.3, -0.25) is 9.59 Å². The summed E-state index contributed by atoms with van der Waals surface area (Å²) in [4.78, 5) is 22.4. The van der Waals surface area contributed by atoms with Crippen LogP contribution in [0.3, 0.4) is 0 Å². The molecule has 0 aliphatic rings. The predicted octanol–water partition coefficient (Wildman–Crippen LogP) is 3.32. The predicted molar refractivity (Wildman–Crippen MR) is 91.2 cm³/mol. The molecule has 0 saturated carbocycles. The third kappa shape index (κ3) is 4.76. The highest BCUT2D eigenvalue weighted by Crippen LogP contribution is 2.24. The van der Waals surface area contributed by atoms with E-state index in [1.807, 2.05) is 37.3 Å². The van der Waals surface area contributed by atoms with Crippen molar-refractivity contribution >= 4 is 11.8 Å². The molecule has 0 heterocycles. The summed E-state index contributed by atoms with van der Waals surface area (Å²) in [6.45, 7) is 4.70. The van der Waals surface area contributed by atoms with Crippen LogP contribution in [0.25, 0.3) is 0 Å². The van der Waals surface area contributed by atoms with Crippen LogP contribution in [0.5, 0.6) is 0 Å². The van der Waals surface area contributed by atoms with Gasteiger partial charge in [0.25, 0.3) is 0 Å². The largest absolute Gasteiger partial charge is 0.480 e. The molecule has 0 bridgehead atoms. The van der Waals surface area contributed by atoms with Crippen LogP contribution in [0.4, 0.5) is 0 Å². The quantitative estimate of drug-likeness (QED) is 0.848. The molecule has 0 aliphatic carbocycles. The van der Waals surface area contributed by atoms with Crippen molar-refractivity contribution < 1.29 is 14.7 Å².